The van der Waals surface area contributed by atoms with E-state index in [4.69, 9.17) is 0 Å². The summed E-state index contributed by atoms with van der Waals surface area (Å²) < 4.78 is 0. The summed E-state index contributed by atoms with van der Waals surface area (Å²) in [5, 5.41) is 15.1. The van der Waals surface area contributed by atoms with Crippen LogP contribution in [0.4, 0.5) is 5.00 Å². The van der Waals surface area contributed by atoms with Crippen molar-refractivity contribution < 1.29 is 4.79 Å². The van der Waals surface area contributed by atoms with Crippen molar-refractivity contribution in [3.05, 3.63) is 41.3 Å². The number of fused-ring (bicyclic) bond motifs is 7. The highest BCUT2D eigenvalue weighted by Gasteiger charge is 2.54. The van der Waals surface area contributed by atoms with Crippen molar-refractivity contribution in [2.45, 2.75) is 38.0 Å². The van der Waals surface area contributed by atoms with Crippen LogP contribution in [0.25, 0.3) is 11.1 Å². The topological polar surface area (TPSA) is 60.0 Å². The first kappa shape index (κ1) is 15.5. The average Bonchev–Trinajstić information content (AvgIpc) is 3.36. The number of hydrazine groups is 1. The van der Waals surface area contributed by atoms with Crippen molar-refractivity contribution in [1.82, 2.24) is 15.4 Å². The number of rotatable bonds is 1. The minimum absolute atomic E-state index is 0.0140. The smallest absolute Gasteiger partial charge is 0.278 e. The van der Waals surface area contributed by atoms with E-state index in [2.05, 4.69) is 33.4 Å². The molecule has 1 aromatic carbocycles. The average molecular weight is 379 g/mol. The second-order valence-electron chi connectivity index (χ2n) is 7.77. The van der Waals surface area contributed by atoms with Crippen LogP contribution in [0.5, 0.6) is 0 Å². The molecular weight excluding hydrogens is 358 g/mol. The molecule has 0 bridgehead atoms. The van der Waals surface area contributed by atoms with E-state index in [-0.39, 0.29) is 18.2 Å². The van der Waals surface area contributed by atoms with Gasteiger partial charge >= 0.3 is 0 Å². The summed E-state index contributed by atoms with van der Waals surface area (Å²) in [6.45, 7) is 0. The molecule has 0 spiro atoms. The fourth-order valence-corrected chi connectivity index (χ4v) is 6.23. The van der Waals surface area contributed by atoms with Crippen LogP contribution < -0.4 is 10.7 Å². The standard InChI is InChI=1S/C20H21N5OS/c26-20-16-15(12-6-2-1-3-7-12)10-27-19(16)22-17-13-8-4-5-9-14(13)18-23-21-11-24(18)25(17)20/h1-3,6-7,10-11,13-14,17-18,22-23H,4-5,8-9H2. The summed E-state index contributed by atoms with van der Waals surface area (Å²) in [6.07, 6.45) is 6.73. The first-order valence-corrected chi connectivity index (χ1v) is 10.5. The molecule has 2 aromatic rings. The lowest BCUT2D eigenvalue weighted by Gasteiger charge is -2.55. The van der Waals surface area contributed by atoms with Crippen molar-refractivity contribution >= 4 is 28.6 Å². The van der Waals surface area contributed by atoms with Gasteiger partial charge in [-0.3, -0.25) is 10.2 Å². The molecule has 1 saturated carbocycles. The van der Waals surface area contributed by atoms with Crippen LogP contribution >= 0.6 is 11.3 Å². The van der Waals surface area contributed by atoms with Crippen LogP contribution in [-0.2, 0) is 0 Å². The molecule has 2 N–H and O–H groups in total. The molecule has 138 valence electrons. The van der Waals surface area contributed by atoms with E-state index in [0.717, 1.165) is 28.1 Å². The van der Waals surface area contributed by atoms with Gasteiger partial charge in [0.05, 0.1) is 5.56 Å². The number of carbonyl (C=O) groups is 1. The Bertz CT molecular complexity index is 926. The van der Waals surface area contributed by atoms with Gasteiger partial charge in [0.1, 0.15) is 23.7 Å². The number of hydrazone groups is 1. The number of nitrogens with zero attached hydrogens (tertiary/aromatic N) is 3. The van der Waals surface area contributed by atoms with Crippen LogP contribution in [0, 0.1) is 11.8 Å². The number of thiophene rings is 1. The van der Waals surface area contributed by atoms with Crippen LogP contribution in [0.1, 0.15) is 36.0 Å². The minimum atomic E-state index is 0.0140. The molecule has 4 heterocycles. The Kier molecular flexibility index (Phi) is 3.29. The second-order valence-corrected chi connectivity index (χ2v) is 8.65. The van der Waals surface area contributed by atoms with Crippen LogP contribution in [0.2, 0.25) is 0 Å². The van der Waals surface area contributed by atoms with E-state index in [0.29, 0.717) is 11.8 Å². The molecule has 27 heavy (non-hydrogen) atoms. The number of anilines is 1. The monoisotopic (exact) mass is 379 g/mol. The SMILES string of the molecule is O=C1c2c(-c3ccccc3)csc2NC2C3CCCCC3C3NN=CN3N12. The first-order valence-electron chi connectivity index (χ1n) is 9.67. The molecule has 2 fully saturated rings. The van der Waals surface area contributed by atoms with Gasteiger partial charge in [0.2, 0.25) is 0 Å². The first-order chi connectivity index (χ1) is 13.3. The van der Waals surface area contributed by atoms with Gasteiger partial charge in [-0.05, 0) is 18.4 Å². The number of benzene rings is 1. The Labute approximate surface area is 161 Å². The molecule has 7 heteroatoms. The molecule has 6 rings (SSSR count). The molecule has 4 unspecified atom stereocenters. The summed E-state index contributed by atoms with van der Waals surface area (Å²) in [6, 6.07) is 10.2. The lowest BCUT2D eigenvalue weighted by molar-refractivity contribution is -0.103. The summed E-state index contributed by atoms with van der Waals surface area (Å²) >= 11 is 1.64. The Morgan fingerprint density at radius 1 is 1.07 bits per heavy atom. The van der Waals surface area contributed by atoms with Crippen molar-refractivity contribution in [2.75, 3.05) is 5.32 Å². The van der Waals surface area contributed by atoms with E-state index in [1.54, 1.807) is 17.7 Å². The quantitative estimate of drug-likeness (QED) is 0.796. The zero-order valence-corrected chi connectivity index (χ0v) is 15.7. The van der Waals surface area contributed by atoms with Gasteiger partial charge in [-0.15, -0.1) is 11.3 Å². The van der Waals surface area contributed by atoms with Crippen LogP contribution in [0.3, 0.4) is 0 Å². The zero-order valence-electron chi connectivity index (χ0n) is 14.8. The predicted molar refractivity (Wildman–Crippen MR) is 106 cm³/mol. The molecular formula is C20H21N5OS. The fourth-order valence-electron chi connectivity index (χ4n) is 5.23. The van der Waals surface area contributed by atoms with Gasteiger partial charge in [0, 0.05) is 22.8 Å². The fraction of sp³-hybridized carbons (Fsp3) is 0.400. The maximum atomic E-state index is 13.7. The third kappa shape index (κ3) is 2.12. The highest BCUT2D eigenvalue weighted by Crippen LogP contribution is 2.48. The summed E-state index contributed by atoms with van der Waals surface area (Å²) in [7, 11) is 0. The number of nitrogens with one attached hydrogen (secondary N) is 2. The molecule has 1 aromatic heterocycles. The van der Waals surface area contributed by atoms with Crippen molar-refractivity contribution in [3.63, 3.8) is 0 Å². The molecule has 6 nitrogen and oxygen atoms in total. The molecule has 4 atom stereocenters. The lowest BCUT2D eigenvalue weighted by Crippen LogP contribution is -2.70. The van der Waals surface area contributed by atoms with Gasteiger partial charge in [-0.2, -0.15) is 5.10 Å². The third-order valence-electron chi connectivity index (χ3n) is 6.44. The van der Waals surface area contributed by atoms with Crippen molar-refractivity contribution in [2.24, 2.45) is 16.9 Å². The van der Waals surface area contributed by atoms with E-state index in [9.17, 15) is 4.79 Å². The van der Waals surface area contributed by atoms with Gasteiger partial charge in [-0.1, -0.05) is 43.2 Å². The van der Waals surface area contributed by atoms with E-state index < -0.39 is 0 Å². The molecule has 3 aliphatic heterocycles. The Morgan fingerprint density at radius 2 is 1.85 bits per heavy atom. The van der Waals surface area contributed by atoms with Crippen molar-refractivity contribution in [1.29, 1.82) is 0 Å². The normalized spacial score (nSPS) is 30.7. The maximum absolute atomic E-state index is 13.7. The number of hydrogen-bond donors (Lipinski definition) is 2. The maximum Gasteiger partial charge on any atom is 0.278 e. The number of hydrogen-bond acceptors (Lipinski definition) is 6. The third-order valence-corrected chi connectivity index (χ3v) is 7.35. The van der Waals surface area contributed by atoms with Crippen molar-refractivity contribution in [3.8, 4) is 11.1 Å². The molecule has 0 radical (unpaired) electrons. The van der Waals surface area contributed by atoms with Crippen LogP contribution in [0.15, 0.2) is 40.8 Å². The predicted octanol–water partition coefficient (Wildman–Crippen LogP) is 3.52. The van der Waals surface area contributed by atoms with Gasteiger partial charge in [0.25, 0.3) is 5.91 Å². The lowest BCUT2D eigenvalue weighted by atomic mass is 9.73. The highest BCUT2D eigenvalue weighted by molar-refractivity contribution is 7.15. The van der Waals surface area contributed by atoms with Crippen LogP contribution in [-0.4, -0.2) is 34.6 Å². The summed E-state index contributed by atoms with van der Waals surface area (Å²) in [5.74, 6) is 1.05. The van der Waals surface area contributed by atoms with E-state index >= 15 is 0 Å². The van der Waals surface area contributed by atoms with Gasteiger partial charge in [0.15, 0.2) is 0 Å². The molecule has 1 aliphatic carbocycles. The molecule has 4 aliphatic rings. The molecule has 1 saturated heterocycles. The summed E-state index contributed by atoms with van der Waals surface area (Å²) in [5.41, 5.74) is 6.14. The second kappa shape index (κ2) is 5.73. The zero-order chi connectivity index (χ0) is 18.0. The number of carbonyl (C=O) groups excluding carboxylic acids is 1. The minimum Gasteiger partial charge on any atom is -0.354 e. The van der Waals surface area contributed by atoms with Gasteiger partial charge in [-0.25, -0.2) is 10.0 Å². The Morgan fingerprint density at radius 3 is 2.67 bits per heavy atom. The molecule has 1 amide bonds. The van der Waals surface area contributed by atoms with Gasteiger partial charge < -0.3 is 5.32 Å². The largest absolute Gasteiger partial charge is 0.354 e. The Hall–Kier alpha value is -2.54. The Balaban J connectivity index is 1.46. The van der Waals surface area contributed by atoms with E-state index in [1.165, 1.54) is 19.3 Å². The summed E-state index contributed by atoms with van der Waals surface area (Å²) in [4.78, 5) is 13.7. The highest BCUT2D eigenvalue weighted by atomic mass is 32.1. The number of amides is 1. The van der Waals surface area contributed by atoms with E-state index in [1.807, 2.05) is 28.2 Å².